The third-order valence-corrected chi connectivity index (χ3v) is 3.38. The Morgan fingerprint density at radius 2 is 1.93 bits per heavy atom. The quantitative estimate of drug-likeness (QED) is 0.644. The van der Waals surface area contributed by atoms with Crippen molar-refractivity contribution < 1.29 is 4.74 Å². The van der Waals surface area contributed by atoms with E-state index in [2.05, 4.69) is 26.8 Å². The first-order chi connectivity index (χ1) is 6.49. The summed E-state index contributed by atoms with van der Waals surface area (Å²) in [5.74, 6) is 0.761. The predicted molar refractivity (Wildman–Crippen MR) is 56.7 cm³/mol. The lowest BCUT2D eigenvalue weighted by Crippen LogP contribution is -2.38. The van der Waals surface area contributed by atoms with Gasteiger partial charge in [-0.25, -0.2) is 0 Å². The van der Waals surface area contributed by atoms with Gasteiger partial charge >= 0.3 is 0 Å². The van der Waals surface area contributed by atoms with Crippen molar-refractivity contribution in [1.29, 1.82) is 5.26 Å². The molecule has 1 rings (SSSR count). The summed E-state index contributed by atoms with van der Waals surface area (Å²) in [7, 11) is 1.79. The maximum absolute atomic E-state index is 8.94. The molecule has 3 atom stereocenters. The molecule has 0 saturated heterocycles. The number of hydrogen-bond acceptors (Lipinski definition) is 2. The van der Waals surface area contributed by atoms with Gasteiger partial charge in [0.15, 0.2) is 0 Å². The van der Waals surface area contributed by atoms with Crippen LogP contribution in [-0.4, -0.2) is 13.2 Å². The second kappa shape index (κ2) is 4.31. The minimum Gasteiger partial charge on any atom is -0.381 e. The molecule has 3 unspecified atom stereocenters. The number of ether oxygens (including phenoxy) is 1. The van der Waals surface area contributed by atoms with Gasteiger partial charge in [0, 0.05) is 13.0 Å². The van der Waals surface area contributed by atoms with E-state index in [1.165, 1.54) is 0 Å². The Morgan fingerprint density at radius 3 is 2.36 bits per heavy atom. The minimum absolute atomic E-state index is 0.241. The van der Waals surface area contributed by atoms with Crippen molar-refractivity contribution >= 4 is 0 Å². The molecule has 2 heteroatoms. The fourth-order valence-corrected chi connectivity index (χ4v) is 2.45. The fraction of sp³-hybridized carbons (Fsp3) is 0.917. The van der Waals surface area contributed by atoms with Crippen LogP contribution in [0.15, 0.2) is 0 Å². The van der Waals surface area contributed by atoms with Gasteiger partial charge in [0.25, 0.3) is 0 Å². The van der Waals surface area contributed by atoms with Crippen LogP contribution in [0.25, 0.3) is 0 Å². The molecule has 1 saturated carbocycles. The molecule has 0 aromatic rings. The summed E-state index contributed by atoms with van der Waals surface area (Å²) < 4.78 is 5.51. The predicted octanol–water partition coefficient (Wildman–Crippen LogP) is 2.99. The van der Waals surface area contributed by atoms with Gasteiger partial charge in [0.1, 0.15) is 0 Å². The van der Waals surface area contributed by atoms with Crippen LogP contribution in [0.2, 0.25) is 0 Å². The molecular formula is C12H21NO. The fourth-order valence-electron chi connectivity index (χ4n) is 2.45. The Kier molecular flexibility index (Phi) is 3.55. The van der Waals surface area contributed by atoms with E-state index in [1.54, 1.807) is 7.11 Å². The first kappa shape index (κ1) is 11.5. The number of methoxy groups -OCH3 is 1. The number of hydrogen-bond donors (Lipinski definition) is 0. The molecule has 14 heavy (non-hydrogen) atoms. The van der Waals surface area contributed by atoms with Crippen LogP contribution >= 0.6 is 0 Å². The first-order valence-electron chi connectivity index (χ1n) is 5.41. The maximum atomic E-state index is 8.94. The zero-order valence-electron chi connectivity index (χ0n) is 9.71. The van der Waals surface area contributed by atoms with Gasteiger partial charge in [0.05, 0.1) is 12.2 Å². The zero-order chi connectivity index (χ0) is 10.8. The number of nitriles is 1. The highest BCUT2D eigenvalue weighted by atomic mass is 16.5. The van der Waals surface area contributed by atoms with E-state index in [0.29, 0.717) is 12.0 Å². The normalized spacial score (nSPS) is 33.8. The third-order valence-electron chi connectivity index (χ3n) is 3.38. The summed E-state index contributed by atoms with van der Waals surface area (Å²) in [6, 6.07) is 2.40. The molecule has 0 heterocycles. The highest BCUT2D eigenvalue weighted by Gasteiger charge is 2.37. The van der Waals surface area contributed by atoms with Crippen molar-refractivity contribution in [3.8, 4) is 6.07 Å². The van der Waals surface area contributed by atoms with Gasteiger partial charge < -0.3 is 4.74 Å². The Labute approximate surface area is 87.3 Å². The molecule has 2 nitrogen and oxygen atoms in total. The number of rotatable bonds is 1. The number of nitrogens with zero attached hydrogens (tertiary/aromatic N) is 1. The van der Waals surface area contributed by atoms with E-state index in [1.807, 2.05) is 0 Å². The molecule has 0 amide bonds. The van der Waals surface area contributed by atoms with Crippen LogP contribution in [0, 0.1) is 28.6 Å². The second-order valence-corrected chi connectivity index (χ2v) is 5.39. The van der Waals surface area contributed by atoms with Crippen LogP contribution < -0.4 is 0 Å². The molecule has 1 fully saturated rings. The standard InChI is InChI=1S/C12H21NO/c1-12(2,3)10-7-9(8-13)5-6-11(10)14-4/h9-11H,5-7H2,1-4H3. The lowest BCUT2D eigenvalue weighted by molar-refractivity contribution is -0.0301. The minimum atomic E-state index is 0.241. The van der Waals surface area contributed by atoms with Crippen LogP contribution in [0.1, 0.15) is 40.0 Å². The summed E-state index contributed by atoms with van der Waals surface area (Å²) in [5, 5.41) is 8.94. The molecule has 80 valence electrons. The second-order valence-electron chi connectivity index (χ2n) is 5.39. The average molecular weight is 195 g/mol. The van der Waals surface area contributed by atoms with Crippen LogP contribution in [0.3, 0.4) is 0 Å². The van der Waals surface area contributed by atoms with Gasteiger partial charge in [-0.2, -0.15) is 5.26 Å². The first-order valence-corrected chi connectivity index (χ1v) is 5.41. The molecular weight excluding hydrogens is 174 g/mol. The maximum Gasteiger partial charge on any atom is 0.0655 e. The molecule has 0 radical (unpaired) electrons. The van der Waals surface area contributed by atoms with E-state index in [0.717, 1.165) is 19.3 Å². The molecule has 0 aromatic heterocycles. The van der Waals surface area contributed by atoms with E-state index < -0.39 is 0 Å². The Hall–Kier alpha value is -0.550. The van der Waals surface area contributed by atoms with Crippen LogP contribution in [-0.2, 0) is 4.74 Å². The highest BCUT2D eigenvalue weighted by molar-refractivity contribution is 4.94. The topological polar surface area (TPSA) is 33.0 Å². The monoisotopic (exact) mass is 195 g/mol. The summed E-state index contributed by atoms with van der Waals surface area (Å²) in [6.07, 6.45) is 3.39. The van der Waals surface area contributed by atoms with Gasteiger partial charge in [-0.3, -0.25) is 0 Å². The average Bonchev–Trinajstić information content (AvgIpc) is 2.15. The summed E-state index contributed by atoms with van der Waals surface area (Å²) in [4.78, 5) is 0. The van der Waals surface area contributed by atoms with Crippen molar-refractivity contribution in [3.63, 3.8) is 0 Å². The van der Waals surface area contributed by atoms with Crippen molar-refractivity contribution in [2.75, 3.05) is 7.11 Å². The molecule has 0 aromatic carbocycles. The largest absolute Gasteiger partial charge is 0.381 e. The molecule has 0 N–H and O–H groups in total. The van der Waals surface area contributed by atoms with Gasteiger partial charge in [-0.15, -0.1) is 0 Å². The molecule has 0 aliphatic heterocycles. The Bertz CT molecular complexity index is 223. The summed E-state index contributed by atoms with van der Waals surface area (Å²) in [5.41, 5.74) is 0.246. The van der Waals surface area contributed by atoms with Gasteiger partial charge in [0.2, 0.25) is 0 Å². The van der Waals surface area contributed by atoms with Crippen molar-refractivity contribution in [2.24, 2.45) is 17.3 Å². The van der Waals surface area contributed by atoms with E-state index in [4.69, 9.17) is 10.00 Å². The lowest BCUT2D eigenvalue weighted by atomic mass is 9.68. The highest BCUT2D eigenvalue weighted by Crippen LogP contribution is 2.41. The van der Waals surface area contributed by atoms with Crippen molar-refractivity contribution in [1.82, 2.24) is 0 Å². The third kappa shape index (κ3) is 2.48. The smallest absolute Gasteiger partial charge is 0.0655 e. The van der Waals surface area contributed by atoms with Crippen LogP contribution in [0.5, 0.6) is 0 Å². The van der Waals surface area contributed by atoms with E-state index >= 15 is 0 Å². The van der Waals surface area contributed by atoms with Crippen molar-refractivity contribution in [2.45, 2.75) is 46.1 Å². The summed E-state index contributed by atoms with van der Waals surface area (Å²) in [6.45, 7) is 6.72. The molecule has 1 aliphatic rings. The molecule has 0 spiro atoms. The van der Waals surface area contributed by atoms with E-state index in [-0.39, 0.29) is 11.3 Å². The molecule has 0 bridgehead atoms. The zero-order valence-corrected chi connectivity index (χ0v) is 9.71. The van der Waals surface area contributed by atoms with Crippen LogP contribution in [0.4, 0.5) is 0 Å². The summed E-state index contributed by atoms with van der Waals surface area (Å²) >= 11 is 0. The lowest BCUT2D eigenvalue weighted by Gasteiger charge is -2.41. The Morgan fingerprint density at radius 1 is 1.29 bits per heavy atom. The van der Waals surface area contributed by atoms with Gasteiger partial charge in [-0.05, 0) is 30.6 Å². The SMILES string of the molecule is COC1CCC(C#N)CC1C(C)(C)C. The molecule has 1 aliphatic carbocycles. The van der Waals surface area contributed by atoms with Crippen molar-refractivity contribution in [3.05, 3.63) is 0 Å². The van der Waals surface area contributed by atoms with E-state index in [9.17, 15) is 0 Å². The van der Waals surface area contributed by atoms with Gasteiger partial charge in [-0.1, -0.05) is 20.8 Å². The Balaban J connectivity index is 2.71.